The molecular weight excluding hydrogens is 344 g/mol. The van der Waals surface area contributed by atoms with Gasteiger partial charge in [0.1, 0.15) is 0 Å². The first kappa shape index (κ1) is 23.3. The molecule has 2 radical (unpaired) electrons. The van der Waals surface area contributed by atoms with Gasteiger partial charge in [0.2, 0.25) is 5.91 Å². The van der Waals surface area contributed by atoms with Crippen molar-refractivity contribution in [1.29, 1.82) is 0 Å². The van der Waals surface area contributed by atoms with Crippen molar-refractivity contribution in [2.45, 2.75) is 70.2 Å². The molecule has 0 aliphatic heterocycles. The van der Waals surface area contributed by atoms with Crippen molar-refractivity contribution in [3.05, 3.63) is 0 Å². The highest BCUT2D eigenvalue weighted by Gasteiger charge is 2.18. The van der Waals surface area contributed by atoms with E-state index >= 15 is 0 Å². The zero-order chi connectivity index (χ0) is 17.7. The van der Waals surface area contributed by atoms with Gasteiger partial charge in [-0.05, 0) is 30.6 Å². The Hall–Kier alpha value is 0.335. The molecule has 0 heterocycles. The summed E-state index contributed by atoms with van der Waals surface area (Å²) in [6.07, 6.45) is 5.35. The maximum Gasteiger partial charge on any atom is 0.220 e. The van der Waals surface area contributed by atoms with Crippen LogP contribution in [0.3, 0.4) is 0 Å². The van der Waals surface area contributed by atoms with Crippen molar-refractivity contribution in [1.82, 2.24) is 5.32 Å². The maximum atomic E-state index is 11.8. The van der Waals surface area contributed by atoms with Gasteiger partial charge in [-0.2, -0.15) is 0 Å². The van der Waals surface area contributed by atoms with Gasteiger partial charge in [-0.1, -0.05) is 49.3 Å². The van der Waals surface area contributed by atoms with E-state index in [-0.39, 0.29) is 11.6 Å². The van der Waals surface area contributed by atoms with Gasteiger partial charge in [-0.3, -0.25) is 4.79 Å². The number of carbonyl (C=O) groups is 2. The summed E-state index contributed by atoms with van der Waals surface area (Å²) in [6, 6.07) is 0. The van der Waals surface area contributed by atoms with Crippen LogP contribution in [-0.4, -0.2) is 48.3 Å². The minimum absolute atomic E-state index is 0.152. The molecule has 2 unspecified atom stereocenters. The number of rotatable bonds is 14. The first-order chi connectivity index (χ1) is 10.8. The number of amides is 1. The lowest BCUT2D eigenvalue weighted by Gasteiger charge is -2.26. The highest BCUT2D eigenvalue weighted by Crippen LogP contribution is 2.37. The van der Waals surface area contributed by atoms with E-state index in [0.29, 0.717) is 23.2 Å². The van der Waals surface area contributed by atoms with Crippen LogP contribution in [0.4, 0.5) is 0 Å². The fourth-order valence-corrected chi connectivity index (χ4v) is 5.55. The van der Waals surface area contributed by atoms with Gasteiger partial charge in [-0.25, -0.2) is 0 Å². The van der Waals surface area contributed by atoms with E-state index in [1.54, 1.807) is 21.6 Å². The van der Waals surface area contributed by atoms with Gasteiger partial charge in [0.15, 0.2) is 7.85 Å². The lowest BCUT2D eigenvalue weighted by atomic mass is 10.0. The number of hydrogen-bond acceptors (Lipinski definition) is 4. The Morgan fingerprint density at radius 2 is 1.91 bits per heavy atom. The van der Waals surface area contributed by atoms with E-state index in [0.717, 1.165) is 33.5 Å². The number of hydrogen-bond donors (Lipinski definition) is 1. The predicted molar refractivity (Wildman–Crippen MR) is 109 cm³/mol. The summed E-state index contributed by atoms with van der Waals surface area (Å²) < 4.78 is 0. The van der Waals surface area contributed by atoms with Crippen LogP contribution in [0.5, 0.6) is 0 Å². The second kappa shape index (κ2) is 13.6. The summed E-state index contributed by atoms with van der Waals surface area (Å²) in [6.45, 7) is 9.74. The third-order valence-corrected chi connectivity index (χ3v) is 9.03. The van der Waals surface area contributed by atoms with Crippen molar-refractivity contribution >= 4 is 49.6 Å². The van der Waals surface area contributed by atoms with Crippen LogP contribution in [0.1, 0.15) is 59.8 Å². The van der Waals surface area contributed by atoms with E-state index < -0.39 is 0 Å². The third kappa shape index (κ3) is 13.3. The van der Waals surface area contributed by atoms with E-state index in [4.69, 9.17) is 7.85 Å². The molecule has 0 aliphatic rings. The number of carbonyl (C=O) groups excluding carboxylic acids is 2. The minimum atomic E-state index is -0.256. The van der Waals surface area contributed by atoms with Gasteiger partial charge < -0.3 is 10.1 Å². The lowest BCUT2D eigenvalue weighted by molar-refractivity contribution is -0.121. The second-order valence-corrected chi connectivity index (χ2v) is 11.0. The Kier molecular flexibility index (Phi) is 13.8. The fraction of sp³-hybridized carbons (Fsp3) is 0.875. The molecule has 0 fully saturated rings. The summed E-state index contributed by atoms with van der Waals surface area (Å²) in [5.74, 6) is 0.893. The topological polar surface area (TPSA) is 46.2 Å². The lowest BCUT2D eigenvalue weighted by Crippen LogP contribution is -2.27. The van der Waals surface area contributed by atoms with Crippen LogP contribution in [0.15, 0.2) is 0 Å². The highest BCUT2D eigenvalue weighted by atomic mass is 33.1. The minimum Gasteiger partial charge on any atom is -0.356 e. The van der Waals surface area contributed by atoms with Gasteiger partial charge >= 0.3 is 0 Å². The summed E-state index contributed by atoms with van der Waals surface area (Å²) in [5, 5.41) is 3.88. The molecule has 1 amide bonds. The maximum absolute atomic E-state index is 11.8. The Morgan fingerprint density at radius 3 is 2.48 bits per heavy atom. The molecule has 1 N–H and O–H groups in total. The first-order valence-corrected chi connectivity index (χ1v) is 12.0. The summed E-state index contributed by atoms with van der Waals surface area (Å²) in [4.78, 5) is 22.5. The van der Waals surface area contributed by atoms with E-state index in [2.05, 4.69) is 33.0 Å². The molecule has 3 nitrogen and oxygen atoms in total. The van der Waals surface area contributed by atoms with E-state index in [1.807, 2.05) is 0 Å². The Bertz CT molecular complexity index is 355. The molecule has 0 aromatic rings. The normalized spacial score (nSPS) is 13.4. The quantitative estimate of drug-likeness (QED) is 0.216. The Morgan fingerprint density at radius 1 is 1.26 bits per heavy atom. The molecule has 132 valence electrons. The zero-order valence-electron chi connectivity index (χ0n) is 14.9. The van der Waals surface area contributed by atoms with Gasteiger partial charge in [0, 0.05) is 30.4 Å². The second-order valence-electron chi connectivity index (χ2n) is 6.03. The molecule has 7 heteroatoms. The largest absolute Gasteiger partial charge is 0.356 e. The van der Waals surface area contributed by atoms with Crippen molar-refractivity contribution in [2.75, 3.05) is 18.5 Å². The SMILES string of the molecule is [B]C(=O)CCSSC(C)CCC(=O)NCCPC(C)(CC)CC. The summed E-state index contributed by atoms with van der Waals surface area (Å²) in [7, 11) is 9.39. The molecule has 0 bridgehead atoms. The van der Waals surface area contributed by atoms with Crippen molar-refractivity contribution in [3.63, 3.8) is 0 Å². The Labute approximate surface area is 153 Å². The van der Waals surface area contributed by atoms with Gasteiger partial charge in [0.05, 0.1) is 5.68 Å². The average molecular weight is 375 g/mol. The zero-order valence-corrected chi connectivity index (χ0v) is 17.6. The van der Waals surface area contributed by atoms with Crippen LogP contribution in [-0.2, 0) is 9.59 Å². The monoisotopic (exact) mass is 375 g/mol. The number of nitrogens with one attached hydrogen (secondary N) is 1. The molecule has 23 heavy (non-hydrogen) atoms. The molecule has 0 rings (SSSR count). The van der Waals surface area contributed by atoms with E-state index in [9.17, 15) is 9.59 Å². The molecular formula is C16H31BNO2PS2. The molecule has 2 atom stereocenters. The molecule has 0 aromatic carbocycles. The molecule has 0 spiro atoms. The molecule has 0 saturated heterocycles. The van der Waals surface area contributed by atoms with E-state index in [1.165, 1.54) is 12.8 Å². The standard InChI is InChI=1S/C16H31BNO2PS2/c1-5-16(4,6-2)21-11-10-18-15(20)8-7-13(3)23-22-12-9-14(17)19/h13,21H,5-12H2,1-4H3,(H,18,20). The predicted octanol–water partition coefficient (Wildman–Crippen LogP) is 4.00. The van der Waals surface area contributed by atoms with Gasteiger partial charge in [-0.15, -0.1) is 8.58 Å². The van der Waals surface area contributed by atoms with Crippen LogP contribution in [0.25, 0.3) is 0 Å². The van der Waals surface area contributed by atoms with Crippen molar-refractivity contribution in [2.24, 2.45) is 0 Å². The highest BCUT2D eigenvalue weighted by molar-refractivity contribution is 8.76. The first-order valence-electron chi connectivity index (χ1n) is 8.41. The molecule has 0 aliphatic carbocycles. The summed E-state index contributed by atoms with van der Waals surface area (Å²) in [5.41, 5.74) is -0.256. The third-order valence-electron chi connectivity index (χ3n) is 4.00. The Balaban J connectivity index is 3.65. The average Bonchev–Trinajstić information content (AvgIpc) is 2.53. The summed E-state index contributed by atoms with van der Waals surface area (Å²) >= 11 is 0. The molecule has 0 aromatic heterocycles. The fourth-order valence-electron chi connectivity index (χ4n) is 1.84. The van der Waals surface area contributed by atoms with Crippen LogP contribution in [0.2, 0.25) is 0 Å². The molecule has 0 saturated carbocycles. The van der Waals surface area contributed by atoms with Crippen LogP contribution < -0.4 is 5.32 Å². The van der Waals surface area contributed by atoms with Crippen molar-refractivity contribution in [3.8, 4) is 0 Å². The van der Waals surface area contributed by atoms with Crippen molar-refractivity contribution < 1.29 is 9.59 Å². The van der Waals surface area contributed by atoms with Gasteiger partial charge in [0.25, 0.3) is 0 Å². The van der Waals surface area contributed by atoms with Crippen LogP contribution in [0, 0.1) is 0 Å². The van der Waals surface area contributed by atoms with Crippen LogP contribution >= 0.6 is 30.2 Å². The smallest absolute Gasteiger partial charge is 0.220 e.